The van der Waals surface area contributed by atoms with Crippen LogP contribution in [0, 0.1) is 13.8 Å². The summed E-state index contributed by atoms with van der Waals surface area (Å²) in [6.07, 6.45) is 0. The monoisotopic (exact) mass is 542 g/mol. The third-order valence-electron chi connectivity index (χ3n) is 6.99. The summed E-state index contributed by atoms with van der Waals surface area (Å²) < 4.78 is 7.03. The molecule has 5 rings (SSSR count). The molecule has 1 atom stereocenters. The molecule has 0 aliphatic rings. The van der Waals surface area contributed by atoms with E-state index in [-0.39, 0.29) is 5.56 Å². The summed E-state index contributed by atoms with van der Waals surface area (Å²) >= 11 is 6.19. The van der Waals surface area contributed by atoms with Gasteiger partial charge in [-0.05, 0) is 82.2 Å². The third kappa shape index (κ3) is 6.09. The van der Waals surface area contributed by atoms with Gasteiger partial charge in [-0.15, -0.1) is 5.10 Å². The second-order valence-corrected chi connectivity index (χ2v) is 10.2. The number of ether oxygens (including phenoxy) is 1. The Morgan fingerprint density at radius 1 is 0.974 bits per heavy atom. The molecule has 0 saturated carbocycles. The van der Waals surface area contributed by atoms with Gasteiger partial charge in [0.1, 0.15) is 6.04 Å². The maximum atomic E-state index is 13.7. The number of nitrogens with zero attached hydrogens (tertiary/aromatic N) is 5. The molecule has 0 spiro atoms. The molecular weight excluding hydrogens is 512 g/mol. The van der Waals surface area contributed by atoms with Gasteiger partial charge < -0.3 is 9.72 Å². The molecule has 2 aromatic heterocycles. The Bertz CT molecular complexity index is 1610. The van der Waals surface area contributed by atoms with Crippen molar-refractivity contribution in [3.8, 4) is 0 Å². The lowest BCUT2D eigenvalue weighted by atomic mass is 9.99. The molecule has 200 valence electrons. The number of hydrogen-bond donors (Lipinski definition) is 1. The van der Waals surface area contributed by atoms with Gasteiger partial charge >= 0.3 is 0 Å². The Morgan fingerprint density at radius 3 is 2.38 bits per heavy atom. The van der Waals surface area contributed by atoms with Crippen LogP contribution in [0.5, 0.6) is 0 Å². The van der Waals surface area contributed by atoms with Crippen LogP contribution in [0.25, 0.3) is 10.9 Å². The van der Waals surface area contributed by atoms with Gasteiger partial charge in [0.2, 0.25) is 0 Å². The van der Waals surface area contributed by atoms with Crippen molar-refractivity contribution in [2.75, 3.05) is 13.7 Å². The van der Waals surface area contributed by atoms with Crippen LogP contribution in [0.2, 0.25) is 5.02 Å². The Labute approximate surface area is 232 Å². The van der Waals surface area contributed by atoms with Crippen molar-refractivity contribution >= 4 is 22.5 Å². The van der Waals surface area contributed by atoms with Gasteiger partial charge in [-0.25, -0.2) is 4.68 Å². The molecule has 1 N–H and O–H groups in total. The first kappa shape index (κ1) is 26.7. The maximum Gasteiger partial charge on any atom is 0.253 e. The van der Waals surface area contributed by atoms with Gasteiger partial charge in [-0.2, -0.15) is 0 Å². The highest BCUT2D eigenvalue weighted by Gasteiger charge is 2.31. The normalized spacial score (nSPS) is 12.3. The van der Waals surface area contributed by atoms with E-state index >= 15 is 0 Å². The summed E-state index contributed by atoms with van der Waals surface area (Å²) in [4.78, 5) is 19.1. The molecule has 0 bridgehead atoms. The van der Waals surface area contributed by atoms with Crippen molar-refractivity contribution < 1.29 is 4.74 Å². The summed E-state index contributed by atoms with van der Waals surface area (Å²) in [6, 6.07) is 23.5. The molecule has 8 nitrogen and oxygen atoms in total. The Morgan fingerprint density at radius 2 is 1.67 bits per heavy atom. The number of pyridine rings is 1. The quantitative estimate of drug-likeness (QED) is 0.260. The molecule has 0 fully saturated rings. The molecule has 0 aliphatic heterocycles. The molecule has 0 saturated heterocycles. The van der Waals surface area contributed by atoms with Crippen LogP contribution in [0.15, 0.2) is 77.6 Å². The third-order valence-corrected chi connectivity index (χ3v) is 7.24. The van der Waals surface area contributed by atoms with Crippen LogP contribution in [0.4, 0.5) is 0 Å². The molecule has 3 aromatic carbocycles. The summed E-state index contributed by atoms with van der Waals surface area (Å²) in [5, 5.41) is 14.3. The number of tetrazole rings is 1. The van der Waals surface area contributed by atoms with E-state index in [1.807, 2.05) is 61.5 Å². The number of H-pyrrole nitrogens is 1. The minimum absolute atomic E-state index is 0.175. The topological polar surface area (TPSA) is 88.9 Å². The number of halogens is 1. The van der Waals surface area contributed by atoms with Crippen LogP contribution >= 0.6 is 11.6 Å². The number of rotatable bonds is 10. The van der Waals surface area contributed by atoms with Crippen LogP contribution < -0.4 is 5.56 Å². The van der Waals surface area contributed by atoms with Crippen LogP contribution in [-0.4, -0.2) is 43.8 Å². The van der Waals surface area contributed by atoms with Crippen molar-refractivity contribution in [1.82, 2.24) is 30.1 Å². The predicted octanol–water partition coefficient (Wildman–Crippen LogP) is 5.22. The molecule has 2 heterocycles. The largest absolute Gasteiger partial charge is 0.383 e. The summed E-state index contributed by atoms with van der Waals surface area (Å²) in [7, 11) is 1.64. The first-order chi connectivity index (χ1) is 18.9. The summed E-state index contributed by atoms with van der Waals surface area (Å²) in [5.41, 5.74) is 5.65. The fourth-order valence-electron chi connectivity index (χ4n) is 4.82. The van der Waals surface area contributed by atoms with E-state index in [4.69, 9.17) is 16.3 Å². The Kier molecular flexibility index (Phi) is 8.16. The zero-order valence-electron chi connectivity index (χ0n) is 22.3. The first-order valence-electron chi connectivity index (χ1n) is 12.8. The Hall–Kier alpha value is -3.85. The number of aryl methyl sites for hydroxylation is 2. The molecule has 0 unspecified atom stereocenters. The Balaban J connectivity index is 1.69. The lowest BCUT2D eigenvalue weighted by Crippen LogP contribution is -2.35. The lowest BCUT2D eigenvalue weighted by Gasteiger charge is -2.31. The number of hydrogen-bond acceptors (Lipinski definition) is 6. The molecule has 0 radical (unpaired) electrons. The average Bonchev–Trinajstić information content (AvgIpc) is 3.39. The summed E-state index contributed by atoms with van der Waals surface area (Å²) in [5.74, 6) is 0.575. The second kappa shape index (κ2) is 11.9. The van der Waals surface area contributed by atoms with Crippen LogP contribution in [-0.2, 0) is 24.4 Å². The molecule has 9 heteroatoms. The van der Waals surface area contributed by atoms with Crippen LogP contribution in [0.3, 0.4) is 0 Å². The smallest absolute Gasteiger partial charge is 0.253 e. The zero-order chi connectivity index (χ0) is 27.4. The minimum atomic E-state index is -0.539. The maximum absolute atomic E-state index is 13.7. The lowest BCUT2D eigenvalue weighted by molar-refractivity contribution is 0.169. The molecule has 39 heavy (non-hydrogen) atoms. The van der Waals surface area contributed by atoms with Crippen molar-refractivity contribution in [2.45, 2.75) is 39.5 Å². The van der Waals surface area contributed by atoms with Crippen molar-refractivity contribution in [3.63, 3.8) is 0 Å². The fraction of sp³-hybridized carbons (Fsp3) is 0.267. The molecule has 0 aliphatic carbocycles. The number of methoxy groups -OCH3 is 1. The zero-order valence-corrected chi connectivity index (χ0v) is 23.0. The fourth-order valence-corrected chi connectivity index (χ4v) is 4.95. The van der Waals surface area contributed by atoms with Gasteiger partial charge in [0.05, 0.1) is 13.2 Å². The SMILES string of the molecule is COCCn1nnnc1[C@@H](c1cc2cc(C)c(C)cc2[nH]c1=O)N(Cc1ccccc1)Cc1ccc(Cl)cc1. The van der Waals surface area contributed by atoms with Crippen molar-refractivity contribution in [2.24, 2.45) is 0 Å². The van der Waals surface area contributed by atoms with Gasteiger partial charge in [-0.3, -0.25) is 9.69 Å². The molecule has 0 amide bonds. The summed E-state index contributed by atoms with van der Waals surface area (Å²) in [6.45, 7) is 6.12. The van der Waals surface area contributed by atoms with Crippen molar-refractivity contribution in [3.05, 3.63) is 122 Å². The highest BCUT2D eigenvalue weighted by molar-refractivity contribution is 6.30. The average molecular weight is 543 g/mol. The van der Waals surface area contributed by atoms with Gasteiger partial charge in [0, 0.05) is 36.3 Å². The highest BCUT2D eigenvalue weighted by Crippen LogP contribution is 2.31. The van der Waals surface area contributed by atoms with Gasteiger partial charge in [-0.1, -0.05) is 54.1 Å². The molecular formula is C30H31ClN6O2. The van der Waals surface area contributed by atoms with Gasteiger partial charge in [0.25, 0.3) is 5.56 Å². The van der Waals surface area contributed by atoms with Crippen LogP contribution in [0.1, 0.15) is 39.7 Å². The number of benzene rings is 3. The number of aromatic amines is 1. The van der Waals surface area contributed by atoms with Crippen molar-refractivity contribution in [1.29, 1.82) is 0 Å². The second-order valence-electron chi connectivity index (χ2n) is 9.75. The van der Waals surface area contributed by atoms with E-state index in [2.05, 4.69) is 50.5 Å². The highest BCUT2D eigenvalue weighted by atomic mass is 35.5. The van der Waals surface area contributed by atoms with E-state index in [9.17, 15) is 4.79 Å². The van der Waals surface area contributed by atoms with Gasteiger partial charge in [0.15, 0.2) is 5.82 Å². The van der Waals surface area contributed by atoms with E-state index in [1.165, 1.54) is 0 Å². The van der Waals surface area contributed by atoms with E-state index in [0.29, 0.717) is 42.7 Å². The number of nitrogens with one attached hydrogen (secondary N) is 1. The van der Waals surface area contributed by atoms with E-state index in [0.717, 1.165) is 33.2 Å². The number of aromatic nitrogens is 5. The predicted molar refractivity (Wildman–Crippen MR) is 153 cm³/mol. The number of fused-ring (bicyclic) bond motifs is 1. The molecule has 5 aromatic rings. The minimum Gasteiger partial charge on any atom is -0.383 e. The van der Waals surface area contributed by atoms with E-state index in [1.54, 1.807) is 11.8 Å². The van der Waals surface area contributed by atoms with E-state index < -0.39 is 6.04 Å². The standard InChI is InChI=1S/C30H31ClN6O2/c1-20-15-24-17-26(30(38)32-27(24)16-21(20)2)28(29-33-34-35-37(29)13-14-39-3)36(18-22-7-5-4-6-8-22)19-23-9-11-25(31)12-10-23/h4-12,15-17,28H,13-14,18-19H2,1-3H3,(H,32,38)/t28-/m1/s1. The first-order valence-corrected chi connectivity index (χ1v) is 13.2.